The van der Waals surface area contributed by atoms with Crippen LogP contribution < -0.4 is 11.1 Å². The second kappa shape index (κ2) is 6.55. The number of carbonyl (C=O) groups is 1. The third kappa shape index (κ3) is 2.98. The van der Waals surface area contributed by atoms with E-state index in [9.17, 15) is 4.79 Å². The summed E-state index contributed by atoms with van der Waals surface area (Å²) in [6, 6.07) is 13.8. The normalized spacial score (nSPS) is 11.1. The number of fused-ring (bicyclic) bond motifs is 1. The number of nitrogens with two attached hydrogens (primary N) is 1. The first-order valence-corrected chi connectivity index (χ1v) is 9.49. The van der Waals surface area contributed by atoms with Gasteiger partial charge >= 0.3 is 0 Å². The van der Waals surface area contributed by atoms with Gasteiger partial charge in [0.05, 0.1) is 5.56 Å². The molecule has 6 heteroatoms. The lowest BCUT2D eigenvalue weighted by atomic mass is 10.1. The van der Waals surface area contributed by atoms with Crippen LogP contribution in [0.4, 0.5) is 16.6 Å². The van der Waals surface area contributed by atoms with E-state index >= 15 is 0 Å². The van der Waals surface area contributed by atoms with Crippen LogP contribution in [0.1, 0.15) is 32.1 Å². The van der Waals surface area contributed by atoms with Gasteiger partial charge in [0, 0.05) is 22.3 Å². The van der Waals surface area contributed by atoms with Crippen LogP contribution >= 0.6 is 11.3 Å². The zero-order valence-corrected chi connectivity index (χ0v) is 16.2. The molecule has 0 saturated carbocycles. The summed E-state index contributed by atoms with van der Waals surface area (Å²) < 4.78 is 0. The van der Waals surface area contributed by atoms with Crippen molar-refractivity contribution in [3.63, 3.8) is 0 Å². The number of nitrogens with zero attached hydrogens (tertiary/aromatic N) is 1. The van der Waals surface area contributed by atoms with Crippen LogP contribution in [0.2, 0.25) is 0 Å². The van der Waals surface area contributed by atoms with Gasteiger partial charge in [-0.05, 0) is 44.0 Å². The predicted octanol–water partition coefficient (Wildman–Crippen LogP) is 5.11. The Labute approximate surface area is 161 Å². The fourth-order valence-electron chi connectivity index (χ4n) is 3.23. The molecule has 0 amide bonds. The van der Waals surface area contributed by atoms with E-state index in [0.29, 0.717) is 15.6 Å². The Balaban J connectivity index is 1.72. The predicted molar refractivity (Wildman–Crippen MR) is 112 cm³/mol. The Hall–Kier alpha value is -3.12. The number of para-hydroxylation sites is 1. The maximum Gasteiger partial charge on any atom is 0.209 e. The average molecular weight is 376 g/mol. The molecule has 0 atom stereocenters. The fraction of sp³-hybridized carbons (Fsp3) is 0.143. The van der Waals surface area contributed by atoms with Crippen LogP contribution in [0.25, 0.3) is 10.9 Å². The minimum Gasteiger partial charge on any atom is -0.382 e. The summed E-state index contributed by atoms with van der Waals surface area (Å²) >= 11 is 1.28. The summed E-state index contributed by atoms with van der Waals surface area (Å²) in [4.78, 5) is 21.3. The van der Waals surface area contributed by atoms with Gasteiger partial charge in [0.25, 0.3) is 0 Å². The van der Waals surface area contributed by atoms with Crippen LogP contribution in [-0.2, 0) is 0 Å². The monoisotopic (exact) mass is 376 g/mol. The number of ketones is 1. The Morgan fingerprint density at radius 3 is 2.70 bits per heavy atom. The van der Waals surface area contributed by atoms with Crippen LogP contribution in [0.3, 0.4) is 0 Å². The van der Waals surface area contributed by atoms with Gasteiger partial charge in [-0.2, -0.15) is 0 Å². The molecule has 0 fully saturated rings. The number of hydrogen-bond acceptors (Lipinski definition) is 5. The summed E-state index contributed by atoms with van der Waals surface area (Å²) in [6.45, 7) is 6.02. The smallest absolute Gasteiger partial charge is 0.209 e. The molecule has 0 unspecified atom stereocenters. The number of anilines is 3. The SMILES string of the molecule is Cc1cccc(Nc2nc(N)c(C(=O)c3c(C)[nH]c4ccccc34)s2)c1C. The Morgan fingerprint density at radius 2 is 1.89 bits per heavy atom. The van der Waals surface area contributed by atoms with Crippen molar-refractivity contribution in [1.82, 2.24) is 9.97 Å². The van der Waals surface area contributed by atoms with Crippen LogP contribution in [0, 0.1) is 20.8 Å². The highest BCUT2D eigenvalue weighted by molar-refractivity contribution is 7.18. The van der Waals surface area contributed by atoms with Crippen molar-refractivity contribution in [3.8, 4) is 0 Å². The molecule has 0 radical (unpaired) electrons. The molecular weight excluding hydrogens is 356 g/mol. The standard InChI is InChI=1S/C21H20N4OS/c1-11-7-6-10-15(12(11)2)24-21-25-20(22)19(27-21)18(26)17-13(3)23-16-9-5-4-8-14(16)17/h4-10,23H,22H2,1-3H3,(H,24,25). The molecule has 2 aromatic heterocycles. The summed E-state index contributed by atoms with van der Waals surface area (Å²) in [6.07, 6.45) is 0. The third-order valence-corrected chi connectivity index (χ3v) is 5.81. The van der Waals surface area contributed by atoms with Crippen molar-refractivity contribution >= 4 is 44.7 Å². The lowest BCUT2D eigenvalue weighted by molar-refractivity contribution is 0.104. The maximum absolute atomic E-state index is 13.2. The van der Waals surface area contributed by atoms with E-state index in [4.69, 9.17) is 5.73 Å². The summed E-state index contributed by atoms with van der Waals surface area (Å²) in [5.41, 5.74) is 11.8. The molecule has 2 heterocycles. The van der Waals surface area contributed by atoms with E-state index in [0.717, 1.165) is 27.8 Å². The third-order valence-electron chi connectivity index (χ3n) is 4.83. The van der Waals surface area contributed by atoms with Gasteiger partial charge in [0.1, 0.15) is 10.7 Å². The number of aryl methyl sites for hydroxylation is 2. The summed E-state index contributed by atoms with van der Waals surface area (Å²) in [5.74, 6) is 0.149. The first-order valence-electron chi connectivity index (χ1n) is 8.67. The minimum atomic E-state index is -0.103. The fourth-order valence-corrected chi connectivity index (χ4v) is 4.08. The Kier molecular flexibility index (Phi) is 4.20. The molecule has 0 spiro atoms. The van der Waals surface area contributed by atoms with Crippen molar-refractivity contribution < 1.29 is 4.79 Å². The number of aromatic amines is 1. The maximum atomic E-state index is 13.2. The van der Waals surface area contributed by atoms with Crippen molar-refractivity contribution in [1.29, 1.82) is 0 Å². The van der Waals surface area contributed by atoms with Crippen molar-refractivity contribution in [3.05, 3.63) is 69.7 Å². The van der Waals surface area contributed by atoms with E-state index < -0.39 is 0 Å². The Morgan fingerprint density at radius 1 is 1.11 bits per heavy atom. The lowest BCUT2D eigenvalue weighted by Crippen LogP contribution is -2.03. The van der Waals surface area contributed by atoms with Gasteiger partial charge in [-0.3, -0.25) is 4.79 Å². The number of nitrogen functional groups attached to an aromatic ring is 1. The van der Waals surface area contributed by atoms with Crippen molar-refractivity contribution in [2.24, 2.45) is 0 Å². The molecule has 4 N–H and O–H groups in total. The number of aromatic nitrogens is 2. The molecule has 5 nitrogen and oxygen atoms in total. The molecule has 2 aromatic carbocycles. The zero-order chi connectivity index (χ0) is 19.1. The number of H-pyrrole nitrogens is 1. The van der Waals surface area contributed by atoms with Crippen molar-refractivity contribution in [2.75, 3.05) is 11.1 Å². The largest absolute Gasteiger partial charge is 0.382 e. The molecule has 27 heavy (non-hydrogen) atoms. The number of hydrogen-bond donors (Lipinski definition) is 3. The van der Waals surface area contributed by atoms with Crippen molar-refractivity contribution in [2.45, 2.75) is 20.8 Å². The van der Waals surface area contributed by atoms with E-state index in [1.54, 1.807) is 0 Å². The number of carbonyl (C=O) groups excluding carboxylic acids is 1. The topological polar surface area (TPSA) is 83.8 Å². The highest BCUT2D eigenvalue weighted by atomic mass is 32.1. The first-order chi connectivity index (χ1) is 13.0. The van der Waals surface area contributed by atoms with Crippen LogP contribution in [-0.4, -0.2) is 15.8 Å². The van der Waals surface area contributed by atoms with E-state index in [1.807, 2.05) is 43.3 Å². The van der Waals surface area contributed by atoms with E-state index in [1.165, 1.54) is 16.9 Å². The molecule has 4 rings (SSSR count). The molecule has 4 aromatic rings. The lowest BCUT2D eigenvalue weighted by Gasteiger charge is -2.08. The highest BCUT2D eigenvalue weighted by Gasteiger charge is 2.23. The number of rotatable bonds is 4. The second-order valence-electron chi connectivity index (χ2n) is 6.61. The highest BCUT2D eigenvalue weighted by Crippen LogP contribution is 2.33. The minimum absolute atomic E-state index is 0.103. The second-order valence-corrected chi connectivity index (χ2v) is 7.60. The number of thiazole rings is 1. The van der Waals surface area contributed by atoms with Crippen LogP contribution in [0.15, 0.2) is 42.5 Å². The molecule has 0 aliphatic heterocycles. The van der Waals surface area contributed by atoms with Gasteiger partial charge in [0.15, 0.2) is 5.13 Å². The molecular formula is C21H20N4OS. The molecule has 0 bridgehead atoms. The molecule has 0 saturated heterocycles. The first kappa shape index (κ1) is 17.3. The van der Waals surface area contributed by atoms with Crippen LogP contribution in [0.5, 0.6) is 0 Å². The number of benzene rings is 2. The van der Waals surface area contributed by atoms with Gasteiger partial charge in [0.2, 0.25) is 5.78 Å². The van der Waals surface area contributed by atoms with E-state index in [-0.39, 0.29) is 11.6 Å². The zero-order valence-electron chi connectivity index (χ0n) is 15.4. The van der Waals surface area contributed by atoms with Gasteiger partial charge in [-0.25, -0.2) is 4.98 Å². The van der Waals surface area contributed by atoms with E-state index in [2.05, 4.69) is 35.2 Å². The Bertz CT molecular complexity index is 1170. The number of nitrogens with one attached hydrogen (secondary N) is 2. The quantitative estimate of drug-likeness (QED) is 0.432. The van der Waals surface area contributed by atoms with Gasteiger partial charge in [-0.15, -0.1) is 0 Å². The average Bonchev–Trinajstić information content (AvgIpc) is 3.17. The molecule has 0 aliphatic carbocycles. The summed E-state index contributed by atoms with van der Waals surface area (Å²) in [7, 11) is 0. The molecule has 136 valence electrons. The van der Waals surface area contributed by atoms with Gasteiger partial charge in [-0.1, -0.05) is 41.7 Å². The molecule has 0 aliphatic rings. The van der Waals surface area contributed by atoms with Gasteiger partial charge < -0.3 is 16.0 Å². The summed E-state index contributed by atoms with van der Waals surface area (Å²) in [5, 5.41) is 4.81.